The van der Waals surface area contributed by atoms with Crippen molar-refractivity contribution in [3.05, 3.63) is 106 Å². The van der Waals surface area contributed by atoms with E-state index >= 15 is 0 Å². The summed E-state index contributed by atoms with van der Waals surface area (Å²) in [6, 6.07) is 21.9. The summed E-state index contributed by atoms with van der Waals surface area (Å²) >= 11 is 2.77. The van der Waals surface area contributed by atoms with Crippen molar-refractivity contribution in [2.45, 2.75) is 49.7 Å². The second-order valence-corrected chi connectivity index (χ2v) is 12.1. The molecule has 3 aromatic carbocycles. The summed E-state index contributed by atoms with van der Waals surface area (Å²) in [5, 5.41) is 20.3. The van der Waals surface area contributed by atoms with Gasteiger partial charge in [-0.3, -0.25) is 14.5 Å². The topological polar surface area (TPSA) is 92.6 Å². The zero-order valence-electron chi connectivity index (χ0n) is 23.2. The number of aromatic nitrogens is 2. The van der Waals surface area contributed by atoms with Crippen molar-refractivity contribution in [3.8, 4) is 5.75 Å². The predicted octanol–water partition coefficient (Wildman–Crippen LogP) is 7.25. The smallest absolute Gasteiger partial charge is 0.301 e. The van der Waals surface area contributed by atoms with E-state index in [1.165, 1.54) is 33.6 Å². The summed E-state index contributed by atoms with van der Waals surface area (Å²) in [5.74, 6) is -0.432. The van der Waals surface area contributed by atoms with Crippen molar-refractivity contribution in [1.29, 1.82) is 0 Å². The second kappa shape index (κ2) is 12.7. The van der Waals surface area contributed by atoms with Gasteiger partial charge in [-0.2, -0.15) is 0 Å². The Balaban J connectivity index is 1.53. The number of hydrogen-bond acceptors (Lipinski definition) is 8. The van der Waals surface area contributed by atoms with Gasteiger partial charge in [0.1, 0.15) is 11.5 Å². The highest BCUT2D eigenvalue weighted by atomic mass is 32.2. The number of ether oxygens (including phenoxy) is 1. The predicted molar refractivity (Wildman–Crippen MR) is 163 cm³/mol. The van der Waals surface area contributed by atoms with Crippen LogP contribution in [-0.4, -0.2) is 33.6 Å². The highest BCUT2D eigenvalue weighted by Crippen LogP contribution is 2.44. The zero-order valence-corrected chi connectivity index (χ0v) is 24.8. The molecule has 1 amide bonds. The molecule has 1 N–H and O–H groups in total. The number of aryl methyl sites for hydroxylation is 2. The molecule has 2 heterocycles. The fraction of sp³-hybridized carbons (Fsp3) is 0.250. The quantitative estimate of drug-likeness (QED) is 0.0523. The number of anilines is 1. The van der Waals surface area contributed by atoms with Gasteiger partial charge < -0.3 is 9.84 Å². The number of aliphatic hydroxyl groups excluding tert-OH is 1. The van der Waals surface area contributed by atoms with E-state index < -0.39 is 17.7 Å². The molecule has 1 aliphatic heterocycles. The van der Waals surface area contributed by atoms with E-state index in [2.05, 4.69) is 41.4 Å². The third-order valence-corrected chi connectivity index (χ3v) is 8.92. The molecule has 1 aliphatic rings. The van der Waals surface area contributed by atoms with Crippen molar-refractivity contribution in [3.63, 3.8) is 0 Å². The molecular formula is C32H31N3O4S2. The summed E-state index contributed by atoms with van der Waals surface area (Å²) < 4.78 is 6.60. The lowest BCUT2D eigenvalue weighted by Crippen LogP contribution is -2.29. The molecule has 1 fully saturated rings. The van der Waals surface area contributed by atoms with Gasteiger partial charge in [0.2, 0.25) is 5.13 Å². The molecule has 0 saturated carbocycles. The Kier molecular flexibility index (Phi) is 8.85. The first-order valence-corrected chi connectivity index (χ1v) is 15.3. The molecule has 7 nitrogen and oxygen atoms in total. The Hall–Kier alpha value is -3.95. The molecule has 4 aromatic rings. The number of thioether (sulfide) groups is 1. The molecule has 9 heteroatoms. The van der Waals surface area contributed by atoms with Gasteiger partial charge in [0, 0.05) is 11.3 Å². The number of aliphatic hydroxyl groups is 1. The van der Waals surface area contributed by atoms with E-state index in [1.807, 2.05) is 50.2 Å². The normalized spacial score (nSPS) is 16.4. The lowest BCUT2D eigenvalue weighted by atomic mass is 9.95. The first-order valence-electron chi connectivity index (χ1n) is 13.5. The minimum atomic E-state index is -0.895. The molecule has 1 aromatic heterocycles. The van der Waals surface area contributed by atoms with Gasteiger partial charge in [-0.05, 0) is 43.5 Å². The van der Waals surface area contributed by atoms with Crippen LogP contribution in [0.3, 0.4) is 0 Å². The minimum absolute atomic E-state index is 0.00798. The summed E-state index contributed by atoms with van der Waals surface area (Å²) in [6.45, 7) is 6.64. The van der Waals surface area contributed by atoms with E-state index in [9.17, 15) is 14.7 Å². The van der Waals surface area contributed by atoms with E-state index in [1.54, 1.807) is 12.1 Å². The van der Waals surface area contributed by atoms with Crippen molar-refractivity contribution in [2.24, 2.45) is 0 Å². The van der Waals surface area contributed by atoms with Gasteiger partial charge in [-0.25, -0.2) is 0 Å². The Labute approximate surface area is 247 Å². The Morgan fingerprint density at radius 1 is 1.00 bits per heavy atom. The van der Waals surface area contributed by atoms with Gasteiger partial charge in [0.05, 0.1) is 18.2 Å². The number of nitrogens with zero attached hydrogens (tertiary/aromatic N) is 3. The monoisotopic (exact) mass is 585 g/mol. The molecule has 0 spiro atoms. The molecule has 1 atom stereocenters. The molecule has 41 heavy (non-hydrogen) atoms. The number of rotatable bonds is 10. The Morgan fingerprint density at radius 3 is 2.41 bits per heavy atom. The highest BCUT2D eigenvalue weighted by Gasteiger charge is 2.48. The van der Waals surface area contributed by atoms with Crippen LogP contribution in [0.25, 0.3) is 5.76 Å². The van der Waals surface area contributed by atoms with Crippen molar-refractivity contribution in [2.75, 3.05) is 11.5 Å². The third-order valence-electron chi connectivity index (χ3n) is 6.79. The van der Waals surface area contributed by atoms with Crippen LogP contribution >= 0.6 is 23.1 Å². The van der Waals surface area contributed by atoms with Crippen LogP contribution in [0, 0.1) is 13.8 Å². The van der Waals surface area contributed by atoms with Crippen LogP contribution < -0.4 is 9.64 Å². The summed E-state index contributed by atoms with van der Waals surface area (Å²) in [5.41, 5.74) is 4.46. The average Bonchev–Trinajstić information content (AvgIpc) is 3.55. The van der Waals surface area contributed by atoms with Gasteiger partial charge in [0.15, 0.2) is 4.34 Å². The van der Waals surface area contributed by atoms with Gasteiger partial charge in [0.25, 0.3) is 5.78 Å². The number of Topliss-reactive ketones (excluding diaryl/α,β-unsaturated/α-hetero) is 1. The maximum Gasteiger partial charge on any atom is 0.301 e. The Bertz CT molecular complexity index is 1580. The molecule has 1 saturated heterocycles. The Morgan fingerprint density at radius 2 is 1.71 bits per heavy atom. The van der Waals surface area contributed by atoms with Crippen LogP contribution in [0.4, 0.5) is 5.13 Å². The van der Waals surface area contributed by atoms with Crippen molar-refractivity contribution < 1.29 is 19.4 Å². The molecular weight excluding hydrogens is 555 g/mol. The van der Waals surface area contributed by atoms with E-state index in [0.717, 1.165) is 24.0 Å². The van der Waals surface area contributed by atoms with E-state index in [4.69, 9.17) is 4.74 Å². The van der Waals surface area contributed by atoms with Crippen LogP contribution in [0.5, 0.6) is 5.75 Å². The number of amides is 1. The summed E-state index contributed by atoms with van der Waals surface area (Å²) in [4.78, 5) is 28.4. The van der Waals surface area contributed by atoms with Crippen LogP contribution in [0.2, 0.25) is 0 Å². The number of carbonyl (C=O) groups excluding carboxylic acids is 2. The van der Waals surface area contributed by atoms with E-state index in [0.29, 0.717) is 38.7 Å². The fourth-order valence-electron chi connectivity index (χ4n) is 4.51. The number of benzene rings is 3. The summed E-state index contributed by atoms with van der Waals surface area (Å²) in [7, 11) is 0. The molecule has 0 aliphatic carbocycles. The molecule has 0 bridgehead atoms. The van der Waals surface area contributed by atoms with Gasteiger partial charge >= 0.3 is 5.91 Å². The third kappa shape index (κ3) is 6.36. The maximum absolute atomic E-state index is 13.5. The molecule has 5 rings (SSSR count). The zero-order chi connectivity index (χ0) is 28.9. The lowest BCUT2D eigenvalue weighted by Gasteiger charge is -2.23. The fourth-order valence-corrected chi connectivity index (χ4v) is 6.33. The number of carbonyl (C=O) groups is 2. The summed E-state index contributed by atoms with van der Waals surface area (Å²) in [6.07, 6.45) is 1.90. The number of unbranched alkanes of at least 4 members (excludes halogenated alkanes) is 1. The number of ketones is 1. The lowest BCUT2D eigenvalue weighted by molar-refractivity contribution is -0.132. The first kappa shape index (κ1) is 28.6. The van der Waals surface area contributed by atoms with Crippen molar-refractivity contribution >= 4 is 45.7 Å². The molecule has 1 unspecified atom stereocenters. The maximum atomic E-state index is 13.5. The van der Waals surface area contributed by atoms with Crippen molar-refractivity contribution in [1.82, 2.24) is 10.2 Å². The van der Waals surface area contributed by atoms with Crippen LogP contribution in [0.1, 0.15) is 53.6 Å². The molecule has 0 radical (unpaired) electrons. The number of hydrogen-bond donors (Lipinski definition) is 1. The SMILES string of the molecule is CCCCOc1cccc(C2/C(=C(\O)c3ccc(C)cc3)C(=O)C(=O)N2c2nnc(SCc3ccc(C)cc3)s2)c1. The van der Waals surface area contributed by atoms with Gasteiger partial charge in [-0.1, -0.05) is 108 Å². The van der Waals surface area contributed by atoms with Gasteiger partial charge in [-0.15, -0.1) is 10.2 Å². The first-order chi connectivity index (χ1) is 19.9. The highest BCUT2D eigenvalue weighted by molar-refractivity contribution is 8.00. The van der Waals surface area contributed by atoms with Crippen LogP contribution in [0.15, 0.2) is 82.7 Å². The second-order valence-electron chi connectivity index (χ2n) is 9.93. The van der Waals surface area contributed by atoms with E-state index in [-0.39, 0.29) is 11.3 Å². The largest absolute Gasteiger partial charge is 0.507 e. The average molecular weight is 586 g/mol. The van der Waals surface area contributed by atoms with Crippen LogP contribution in [-0.2, 0) is 15.3 Å². The molecule has 210 valence electrons. The standard InChI is InChI=1S/C32H31N3O4S2/c1-4-5-17-39-25-8-6-7-24(18-25)27-26(28(36)23-15-11-21(3)12-16-23)29(37)30(38)35(27)31-33-34-32(41-31)40-19-22-13-9-20(2)10-14-22/h6-16,18,27,36H,4-5,17,19H2,1-3H3/b28-26+. The minimum Gasteiger partial charge on any atom is -0.507 e.